The highest BCUT2D eigenvalue weighted by Crippen LogP contribution is 2.19. The number of benzene rings is 1. The lowest BCUT2D eigenvalue weighted by molar-refractivity contribution is 0.102. The number of rotatable bonds is 2. The Morgan fingerprint density at radius 2 is 2.00 bits per heavy atom. The van der Waals surface area contributed by atoms with E-state index in [4.69, 9.17) is 11.6 Å². The summed E-state index contributed by atoms with van der Waals surface area (Å²) in [6, 6.07) is 5.54. The Hall–Kier alpha value is -2.01. The van der Waals surface area contributed by atoms with Crippen molar-refractivity contribution in [3.8, 4) is 0 Å². The third-order valence-electron chi connectivity index (χ3n) is 2.38. The highest BCUT2D eigenvalue weighted by Gasteiger charge is 2.10. The number of halogens is 2. The van der Waals surface area contributed by atoms with Crippen LogP contribution >= 0.6 is 11.6 Å². The second-order valence-electron chi connectivity index (χ2n) is 4.02. The normalized spacial score (nSPS) is 10.3. The fraction of sp³-hybridized carbons (Fsp3) is 0.154. The SMILES string of the molecule is Cc1cc(C(=O)Nc2ccc(F)c(Cl)c2)nc(C)n1. The van der Waals surface area contributed by atoms with Crippen LogP contribution < -0.4 is 5.32 Å². The number of nitrogens with one attached hydrogen (secondary N) is 1. The monoisotopic (exact) mass is 279 g/mol. The van der Waals surface area contributed by atoms with Crippen molar-refractivity contribution in [3.05, 3.63) is 52.3 Å². The number of aryl methyl sites for hydroxylation is 2. The highest BCUT2D eigenvalue weighted by molar-refractivity contribution is 6.31. The number of hydrogen-bond donors (Lipinski definition) is 1. The average molecular weight is 280 g/mol. The van der Waals surface area contributed by atoms with Gasteiger partial charge in [-0.15, -0.1) is 0 Å². The maximum atomic E-state index is 13.0. The Bertz CT molecular complexity index is 626. The van der Waals surface area contributed by atoms with Gasteiger partial charge in [-0.05, 0) is 38.1 Å². The Kier molecular flexibility index (Phi) is 3.76. The first-order chi connectivity index (χ1) is 8.95. The summed E-state index contributed by atoms with van der Waals surface area (Å²) in [5.41, 5.74) is 1.37. The summed E-state index contributed by atoms with van der Waals surface area (Å²) in [7, 11) is 0. The smallest absolute Gasteiger partial charge is 0.274 e. The molecule has 2 aromatic rings. The van der Waals surface area contributed by atoms with Crippen LogP contribution in [-0.4, -0.2) is 15.9 Å². The van der Waals surface area contributed by atoms with Gasteiger partial charge in [0.2, 0.25) is 0 Å². The first-order valence-corrected chi connectivity index (χ1v) is 5.92. The van der Waals surface area contributed by atoms with Gasteiger partial charge in [0.25, 0.3) is 5.91 Å². The second-order valence-corrected chi connectivity index (χ2v) is 4.43. The Morgan fingerprint density at radius 1 is 1.26 bits per heavy atom. The summed E-state index contributed by atoms with van der Waals surface area (Å²) in [5, 5.41) is 2.55. The van der Waals surface area contributed by atoms with Crippen molar-refractivity contribution in [1.29, 1.82) is 0 Å². The van der Waals surface area contributed by atoms with Crippen molar-refractivity contribution in [3.63, 3.8) is 0 Å². The van der Waals surface area contributed by atoms with Gasteiger partial charge >= 0.3 is 0 Å². The van der Waals surface area contributed by atoms with Crippen molar-refractivity contribution in [2.75, 3.05) is 5.32 Å². The number of nitrogens with zero attached hydrogens (tertiary/aromatic N) is 2. The Morgan fingerprint density at radius 3 is 2.63 bits per heavy atom. The van der Waals surface area contributed by atoms with Gasteiger partial charge in [0.1, 0.15) is 17.3 Å². The molecule has 4 nitrogen and oxygen atoms in total. The third kappa shape index (κ3) is 3.26. The molecule has 1 amide bonds. The van der Waals surface area contributed by atoms with Gasteiger partial charge in [0, 0.05) is 11.4 Å². The molecule has 0 fully saturated rings. The van der Waals surface area contributed by atoms with E-state index in [1.54, 1.807) is 19.9 Å². The zero-order valence-electron chi connectivity index (χ0n) is 10.4. The topological polar surface area (TPSA) is 54.9 Å². The predicted octanol–water partition coefficient (Wildman–Crippen LogP) is 3.14. The first kappa shape index (κ1) is 13.4. The molecular formula is C13H11ClFN3O. The summed E-state index contributed by atoms with van der Waals surface area (Å²) in [6.07, 6.45) is 0. The predicted molar refractivity (Wildman–Crippen MR) is 70.9 cm³/mol. The molecule has 1 aromatic carbocycles. The molecule has 98 valence electrons. The molecule has 1 heterocycles. The molecule has 0 atom stereocenters. The minimum absolute atomic E-state index is 0.0483. The molecule has 0 bridgehead atoms. The van der Waals surface area contributed by atoms with E-state index >= 15 is 0 Å². The molecule has 0 unspecified atom stereocenters. The lowest BCUT2D eigenvalue weighted by atomic mass is 10.2. The zero-order valence-corrected chi connectivity index (χ0v) is 11.1. The lowest BCUT2D eigenvalue weighted by Gasteiger charge is -2.06. The molecule has 0 aliphatic heterocycles. The van der Waals surface area contributed by atoms with Gasteiger partial charge < -0.3 is 5.32 Å². The minimum Gasteiger partial charge on any atom is -0.321 e. The fourth-order valence-electron chi connectivity index (χ4n) is 1.60. The molecule has 1 N–H and O–H groups in total. The highest BCUT2D eigenvalue weighted by atomic mass is 35.5. The summed E-state index contributed by atoms with van der Waals surface area (Å²) >= 11 is 5.64. The van der Waals surface area contributed by atoms with Crippen LogP contribution in [0.25, 0.3) is 0 Å². The standard InChI is InChI=1S/C13H11ClFN3O/c1-7-5-12(17-8(2)16-7)13(19)18-9-3-4-11(15)10(14)6-9/h3-6H,1-2H3,(H,18,19). The lowest BCUT2D eigenvalue weighted by Crippen LogP contribution is -2.15. The molecule has 0 radical (unpaired) electrons. The van der Waals surface area contributed by atoms with Crippen molar-refractivity contribution in [2.24, 2.45) is 0 Å². The minimum atomic E-state index is -0.534. The Balaban J connectivity index is 2.22. The summed E-state index contributed by atoms with van der Waals surface area (Å²) in [5.74, 6) is -0.410. The van der Waals surface area contributed by atoms with Crippen molar-refractivity contribution in [2.45, 2.75) is 13.8 Å². The molecule has 2 rings (SSSR count). The van der Waals surface area contributed by atoms with Crippen LogP contribution in [0.15, 0.2) is 24.3 Å². The van der Waals surface area contributed by atoms with Crippen LogP contribution in [0.4, 0.5) is 10.1 Å². The van der Waals surface area contributed by atoms with E-state index in [1.165, 1.54) is 18.2 Å². The average Bonchev–Trinajstić information content (AvgIpc) is 2.32. The number of anilines is 1. The van der Waals surface area contributed by atoms with E-state index in [2.05, 4.69) is 15.3 Å². The third-order valence-corrected chi connectivity index (χ3v) is 2.67. The van der Waals surface area contributed by atoms with E-state index in [0.717, 1.165) is 0 Å². The number of carbonyl (C=O) groups excluding carboxylic acids is 1. The van der Waals surface area contributed by atoms with E-state index in [-0.39, 0.29) is 10.7 Å². The molecule has 0 spiro atoms. The molecule has 0 aliphatic carbocycles. The molecule has 1 aromatic heterocycles. The van der Waals surface area contributed by atoms with E-state index in [0.29, 0.717) is 17.2 Å². The van der Waals surface area contributed by atoms with E-state index in [9.17, 15) is 9.18 Å². The number of carbonyl (C=O) groups is 1. The van der Waals surface area contributed by atoms with Gasteiger partial charge in [0.15, 0.2) is 0 Å². The fourth-order valence-corrected chi connectivity index (χ4v) is 1.78. The van der Waals surface area contributed by atoms with Gasteiger partial charge in [-0.3, -0.25) is 4.79 Å². The van der Waals surface area contributed by atoms with Gasteiger partial charge in [-0.25, -0.2) is 14.4 Å². The molecule has 6 heteroatoms. The van der Waals surface area contributed by atoms with Crippen LogP contribution in [0.2, 0.25) is 5.02 Å². The van der Waals surface area contributed by atoms with Crippen LogP contribution in [-0.2, 0) is 0 Å². The molecule has 19 heavy (non-hydrogen) atoms. The quantitative estimate of drug-likeness (QED) is 0.919. The van der Waals surface area contributed by atoms with Gasteiger partial charge in [-0.2, -0.15) is 0 Å². The van der Waals surface area contributed by atoms with Gasteiger partial charge in [0.05, 0.1) is 5.02 Å². The maximum absolute atomic E-state index is 13.0. The van der Waals surface area contributed by atoms with Crippen molar-refractivity contribution >= 4 is 23.2 Å². The number of amides is 1. The van der Waals surface area contributed by atoms with Crippen molar-refractivity contribution in [1.82, 2.24) is 9.97 Å². The number of hydrogen-bond acceptors (Lipinski definition) is 3. The Labute approximate surface area is 114 Å². The molecule has 0 aliphatic rings. The second kappa shape index (κ2) is 5.32. The number of aromatic nitrogens is 2. The maximum Gasteiger partial charge on any atom is 0.274 e. The van der Waals surface area contributed by atoms with Crippen LogP contribution in [0.1, 0.15) is 22.0 Å². The summed E-state index contributed by atoms with van der Waals surface area (Å²) < 4.78 is 13.0. The first-order valence-electron chi connectivity index (χ1n) is 5.54. The van der Waals surface area contributed by atoms with Crippen molar-refractivity contribution < 1.29 is 9.18 Å². The summed E-state index contributed by atoms with van der Waals surface area (Å²) in [6.45, 7) is 3.48. The van der Waals surface area contributed by atoms with Crippen LogP contribution in [0.5, 0.6) is 0 Å². The van der Waals surface area contributed by atoms with Gasteiger partial charge in [-0.1, -0.05) is 11.6 Å². The van der Waals surface area contributed by atoms with E-state index < -0.39 is 11.7 Å². The molecular weight excluding hydrogens is 269 g/mol. The molecule has 0 saturated heterocycles. The molecule has 0 saturated carbocycles. The zero-order chi connectivity index (χ0) is 14.0. The van der Waals surface area contributed by atoms with Crippen LogP contribution in [0.3, 0.4) is 0 Å². The van der Waals surface area contributed by atoms with E-state index in [1.807, 2.05) is 0 Å². The summed E-state index contributed by atoms with van der Waals surface area (Å²) in [4.78, 5) is 20.1. The largest absolute Gasteiger partial charge is 0.321 e. The van der Waals surface area contributed by atoms with Crippen LogP contribution in [0, 0.1) is 19.7 Å².